The third-order valence-electron chi connectivity index (χ3n) is 4.07. The van der Waals surface area contributed by atoms with E-state index >= 15 is 0 Å². The highest BCUT2D eigenvalue weighted by Crippen LogP contribution is 2.26. The summed E-state index contributed by atoms with van der Waals surface area (Å²) in [6, 6.07) is 8.08. The fraction of sp³-hybridized carbons (Fsp3) is 0.250. The maximum Gasteiger partial charge on any atom is 0.246 e. The highest BCUT2D eigenvalue weighted by atomic mass is 16.2. The number of nitrogens with one attached hydrogen (secondary N) is 2. The van der Waals surface area contributed by atoms with Crippen molar-refractivity contribution in [1.29, 1.82) is 0 Å². The lowest BCUT2D eigenvalue weighted by molar-refractivity contribution is -0.117. The van der Waals surface area contributed by atoms with Gasteiger partial charge in [-0.05, 0) is 24.5 Å². The van der Waals surface area contributed by atoms with Crippen LogP contribution < -0.4 is 10.2 Å². The maximum atomic E-state index is 12.6. The van der Waals surface area contributed by atoms with Crippen LogP contribution in [-0.2, 0) is 11.2 Å². The summed E-state index contributed by atoms with van der Waals surface area (Å²) >= 11 is 0. The second-order valence-electron chi connectivity index (χ2n) is 5.49. The van der Waals surface area contributed by atoms with Crippen molar-refractivity contribution >= 4 is 28.4 Å². The van der Waals surface area contributed by atoms with Crippen molar-refractivity contribution in [3.8, 4) is 0 Å². The molecule has 0 aliphatic carbocycles. The van der Waals surface area contributed by atoms with Gasteiger partial charge in [0.15, 0.2) is 5.65 Å². The van der Waals surface area contributed by atoms with Crippen LogP contribution in [0, 0.1) is 0 Å². The molecule has 0 saturated heterocycles. The zero-order chi connectivity index (χ0) is 15.6. The molecule has 0 radical (unpaired) electrons. The quantitative estimate of drug-likeness (QED) is 0.769. The Labute approximate surface area is 132 Å². The van der Waals surface area contributed by atoms with E-state index in [1.54, 1.807) is 6.20 Å². The van der Waals surface area contributed by atoms with Crippen LogP contribution in [0.3, 0.4) is 0 Å². The van der Waals surface area contributed by atoms with Gasteiger partial charge in [-0.1, -0.05) is 18.2 Å². The van der Waals surface area contributed by atoms with Gasteiger partial charge >= 0.3 is 0 Å². The lowest BCUT2D eigenvalue weighted by Gasteiger charge is -2.29. The maximum absolute atomic E-state index is 12.6. The number of aromatic nitrogens is 4. The highest BCUT2D eigenvalue weighted by Gasteiger charge is 2.22. The van der Waals surface area contributed by atoms with E-state index in [-0.39, 0.29) is 12.5 Å². The molecule has 7 heteroatoms. The van der Waals surface area contributed by atoms with Crippen molar-refractivity contribution < 1.29 is 4.79 Å². The Hall–Kier alpha value is -2.96. The monoisotopic (exact) mass is 308 g/mol. The van der Waals surface area contributed by atoms with Crippen molar-refractivity contribution in [1.82, 2.24) is 20.2 Å². The van der Waals surface area contributed by atoms with Crippen LogP contribution in [0.25, 0.3) is 11.0 Å². The smallest absolute Gasteiger partial charge is 0.246 e. The summed E-state index contributed by atoms with van der Waals surface area (Å²) in [5, 5.41) is 10.6. The molecule has 0 unspecified atom stereocenters. The fourth-order valence-electron chi connectivity index (χ4n) is 2.95. The molecule has 2 N–H and O–H groups in total. The summed E-state index contributed by atoms with van der Waals surface area (Å²) in [5.41, 5.74) is 2.89. The molecule has 3 aromatic rings. The summed E-state index contributed by atoms with van der Waals surface area (Å²) in [6.45, 7) is 0.939. The second-order valence-corrected chi connectivity index (χ2v) is 5.49. The van der Waals surface area contributed by atoms with E-state index in [0.29, 0.717) is 11.5 Å². The first-order valence-corrected chi connectivity index (χ1v) is 7.59. The number of aromatic amines is 1. The Balaban J connectivity index is 1.52. The van der Waals surface area contributed by atoms with Gasteiger partial charge in [0.25, 0.3) is 0 Å². The summed E-state index contributed by atoms with van der Waals surface area (Å²) in [7, 11) is 0. The molecular weight excluding hydrogens is 292 g/mol. The van der Waals surface area contributed by atoms with Crippen LogP contribution >= 0.6 is 0 Å². The topological polar surface area (TPSA) is 86.8 Å². The standard InChI is InChI=1S/C16H16N6O/c23-14(22-7-3-5-11-4-1-2-6-13(11)22)9-17-15-12-8-20-21-16(12)19-10-18-15/h1-2,4,6,8,10H,3,5,7,9H2,(H2,17,18,19,20,21). The van der Waals surface area contributed by atoms with Gasteiger partial charge < -0.3 is 10.2 Å². The number of hydrogen-bond donors (Lipinski definition) is 2. The van der Waals surface area contributed by atoms with E-state index in [1.165, 1.54) is 11.9 Å². The second kappa shape index (κ2) is 5.68. The molecule has 23 heavy (non-hydrogen) atoms. The van der Waals surface area contributed by atoms with E-state index in [1.807, 2.05) is 23.1 Å². The third-order valence-corrected chi connectivity index (χ3v) is 4.07. The highest BCUT2D eigenvalue weighted by molar-refractivity contribution is 5.98. The lowest BCUT2D eigenvalue weighted by atomic mass is 10.0. The van der Waals surface area contributed by atoms with Crippen LogP contribution in [0.5, 0.6) is 0 Å². The fourth-order valence-corrected chi connectivity index (χ4v) is 2.95. The average molecular weight is 308 g/mol. The zero-order valence-electron chi connectivity index (χ0n) is 12.5. The molecule has 0 saturated carbocycles. The molecule has 3 heterocycles. The molecular formula is C16H16N6O. The number of rotatable bonds is 3. The summed E-state index contributed by atoms with van der Waals surface area (Å²) in [4.78, 5) is 22.7. The van der Waals surface area contributed by atoms with Gasteiger partial charge in [0.2, 0.25) is 5.91 Å². The molecule has 0 bridgehead atoms. The summed E-state index contributed by atoms with van der Waals surface area (Å²) in [5.74, 6) is 0.648. The van der Waals surface area contributed by atoms with Gasteiger partial charge in [0, 0.05) is 12.2 Å². The minimum absolute atomic E-state index is 0.0346. The van der Waals surface area contributed by atoms with Gasteiger partial charge in [-0.3, -0.25) is 9.89 Å². The Kier molecular flexibility index (Phi) is 3.38. The molecule has 116 valence electrons. The lowest BCUT2D eigenvalue weighted by Crippen LogP contribution is -2.39. The molecule has 1 amide bonds. The van der Waals surface area contributed by atoms with Gasteiger partial charge in [-0.2, -0.15) is 5.10 Å². The minimum Gasteiger partial charge on any atom is -0.360 e. The first kappa shape index (κ1) is 13.7. The first-order valence-electron chi connectivity index (χ1n) is 7.59. The first-order chi connectivity index (χ1) is 11.3. The molecule has 1 aromatic carbocycles. The average Bonchev–Trinajstić information content (AvgIpc) is 3.08. The van der Waals surface area contributed by atoms with Gasteiger partial charge in [0.05, 0.1) is 18.1 Å². The van der Waals surface area contributed by atoms with E-state index in [2.05, 4.69) is 31.5 Å². The number of benzene rings is 1. The van der Waals surface area contributed by atoms with Gasteiger partial charge in [0.1, 0.15) is 12.1 Å². The van der Waals surface area contributed by atoms with E-state index < -0.39 is 0 Å². The van der Waals surface area contributed by atoms with Crippen molar-refractivity contribution in [2.45, 2.75) is 12.8 Å². The normalized spacial score (nSPS) is 13.8. The van der Waals surface area contributed by atoms with Crippen LogP contribution in [0.4, 0.5) is 11.5 Å². The molecule has 0 fully saturated rings. The number of nitrogens with zero attached hydrogens (tertiary/aromatic N) is 4. The van der Waals surface area contributed by atoms with E-state index in [0.717, 1.165) is 30.5 Å². The number of anilines is 2. The molecule has 2 aromatic heterocycles. The van der Waals surface area contributed by atoms with Crippen LogP contribution in [0.15, 0.2) is 36.8 Å². The van der Waals surface area contributed by atoms with Crippen LogP contribution in [0.2, 0.25) is 0 Å². The summed E-state index contributed by atoms with van der Waals surface area (Å²) < 4.78 is 0. The summed E-state index contributed by atoms with van der Waals surface area (Å²) in [6.07, 6.45) is 5.11. The number of hydrogen-bond acceptors (Lipinski definition) is 5. The Morgan fingerprint density at radius 3 is 3.17 bits per heavy atom. The van der Waals surface area contributed by atoms with Crippen molar-refractivity contribution in [3.63, 3.8) is 0 Å². The molecule has 0 atom stereocenters. The van der Waals surface area contributed by atoms with Gasteiger partial charge in [-0.25, -0.2) is 9.97 Å². The SMILES string of the molecule is O=C(CNc1ncnc2[nH]ncc12)N1CCCc2ccccc21. The number of aryl methyl sites for hydroxylation is 1. The predicted octanol–water partition coefficient (Wildman–Crippen LogP) is 1.74. The molecule has 7 nitrogen and oxygen atoms in total. The number of fused-ring (bicyclic) bond motifs is 2. The Morgan fingerprint density at radius 1 is 1.30 bits per heavy atom. The number of para-hydroxylation sites is 1. The van der Waals surface area contributed by atoms with E-state index in [9.17, 15) is 4.79 Å². The van der Waals surface area contributed by atoms with Crippen molar-refractivity contribution in [2.24, 2.45) is 0 Å². The number of amides is 1. The van der Waals surface area contributed by atoms with Crippen molar-refractivity contribution in [3.05, 3.63) is 42.4 Å². The van der Waals surface area contributed by atoms with Crippen LogP contribution in [-0.4, -0.2) is 39.2 Å². The predicted molar refractivity (Wildman–Crippen MR) is 87.3 cm³/mol. The molecule has 0 spiro atoms. The zero-order valence-corrected chi connectivity index (χ0v) is 12.5. The van der Waals surface area contributed by atoms with Gasteiger partial charge in [-0.15, -0.1) is 0 Å². The third kappa shape index (κ3) is 2.50. The number of H-pyrrole nitrogens is 1. The van der Waals surface area contributed by atoms with E-state index in [4.69, 9.17) is 0 Å². The Morgan fingerprint density at radius 2 is 2.22 bits per heavy atom. The largest absolute Gasteiger partial charge is 0.360 e. The molecule has 1 aliphatic rings. The van der Waals surface area contributed by atoms with Crippen molar-refractivity contribution in [2.75, 3.05) is 23.3 Å². The number of carbonyl (C=O) groups is 1. The Bertz CT molecular complexity index is 858. The molecule has 1 aliphatic heterocycles. The van der Waals surface area contributed by atoms with Crippen LogP contribution in [0.1, 0.15) is 12.0 Å². The minimum atomic E-state index is 0.0346. The molecule has 4 rings (SSSR count). The number of carbonyl (C=O) groups excluding carboxylic acids is 1.